The van der Waals surface area contributed by atoms with Crippen molar-refractivity contribution in [2.45, 2.75) is 38.0 Å². The molecule has 17 heavy (non-hydrogen) atoms. The molecule has 3 heteroatoms. The van der Waals surface area contributed by atoms with Crippen molar-refractivity contribution >= 4 is 21.8 Å². The summed E-state index contributed by atoms with van der Waals surface area (Å²) in [5.41, 5.74) is 0.920. The lowest BCUT2D eigenvalue weighted by molar-refractivity contribution is -0.123. The Hall–Kier alpha value is -0.830. The van der Waals surface area contributed by atoms with Gasteiger partial charge in [-0.3, -0.25) is 4.79 Å². The minimum Gasteiger partial charge on any atom is -0.355 e. The summed E-state index contributed by atoms with van der Waals surface area (Å²) in [4.78, 5) is 12.2. The zero-order chi connectivity index (χ0) is 12.3. The molecule has 0 unspecified atom stereocenters. The van der Waals surface area contributed by atoms with E-state index in [0.29, 0.717) is 0 Å². The molecule has 1 aromatic carbocycles. The molecule has 1 aliphatic rings. The lowest BCUT2D eigenvalue weighted by Gasteiger charge is -2.15. The molecule has 1 aliphatic carbocycles. The minimum atomic E-state index is -0.228. The van der Waals surface area contributed by atoms with Gasteiger partial charge < -0.3 is 5.32 Å². The Kier molecular flexibility index (Phi) is 3.87. The third-order valence-electron chi connectivity index (χ3n) is 3.40. The van der Waals surface area contributed by atoms with Crippen LogP contribution in [0, 0.1) is 0 Å². The van der Waals surface area contributed by atoms with Crippen LogP contribution in [0.25, 0.3) is 0 Å². The van der Waals surface area contributed by atoms with Gasteiger partial charge in [0.1, 0.15) is 0 Å². The predicted octanol–water partition coefficient (Wildman–Crippen LogP) is 3.40. The molecule has 1 saturated carbocycles. The van der Waals surface area contributed by atoms with Crippen LogP contribution in [0.1, 0.15) is 38.2 Å². The van der Waals surface area contributed by atoms with Crippen LogP contribution in [0.2, 0.25) is 0 Å². The van der Waals surface area contributed by atoms with E-state index >= 15 is 0 Å². The van der Waals surface area contributed by atoms with Gasteiger partial charge in [0.25, 0.3) is 0 Å². The zero-order valence-corrected chi connectivity index (χ0v) is 11.7. The molecule has 1 amide bonds. The Morgan fingerprint density at radius 1 is 1.35 bits per heavy atom. The van der Waals surface area contributed by atoms with Crippen LogP contribution in [0.15, 0.2) is 28.7 Å². The van der Waals surface area contributed by atoms with Crippen LogP contribution in [0.4, 0.5) is 0 Å². The van der Waals surface area contributed by atoms with Gasteiger partial charge in [0.2, 0.25) is 5.91 Å². The molecule has 2 nitrogen and oxygen atoms in total. The number of carbonyl (C=O) groups excluding carboxylic acids is 1. The van der Waals surface area contributed by atoms with Gasteiger partial charge >= 0.3 is 0 Å². The summed E-state index contributed by atoms with van der Waals surface area (Å²) in [6.07, 6.45) is 4.13. The summed E-state index contributed by atoms with van der Waals surface area (Å²) < 4.78 is 1.06. The first kappa shape index (κ1) is 12.6. The fourth-order valence-corrected chi connectivity index (χ4v) is 2.35. The molecule has 92 valence electrons. The topological polar surface area (TPSA) is 29.1 Å². The highest BCUT2D eigenvalue weighted by Crippen LogP contribution is 2.48. The van der Waals surface area contributed by atoms with Gasteiger partial charge in [-0.05, 0) is 37.0 Å². The number of hydrogen-bond acceptors (Lipinski definition) is 1. The number of halogens is 1. The molecular formula is C14H18BrNO. The maximum atomic E-state index is 12.2. The Bertz CT molecular complexity index is 395. The molecule has 2 rings (SSSR count). The van der Waals surface area contributed by atoms with E-state index < -0.39 is 0 Å². The number of rotatable bonds is 5. The Balaban J connectivity index is 2.03. The monoisotopic (exact) mass is 295 g/mol. The average Bonchev–Trinajstić information content (AvgIpc) is 3.11. The van der Waals surface area contributed by atoms with Crippen LogP contribution in [0.5, 0.6) is 0 Å². The van der Waals surface area contributed by atoms with Crippen molar-refractivity contribution in [3.63, 3.8) is 0 Å². The van der Waals surface area contributed by atoms with Crippen molar-refractivity contribution in [2.24, 2.45) is 0 Å². The molecule has 0 bridgehead atoms. The van der Waals surface area contributed by atoms with E-state index in [1.54, 1.807) is 0 Å². The summed E-state index contributed by atoms with van der Waals surface area (Å²) in [6, 6.07) is 8.12. The molecule has 0 aromatic heterocycles. The van der Waals surface area contributed by atoms with Crippen LogP contribution in [0.3, 0.4) is 0 Å². The van der Waals surface area contributed by atoms with E-state index in [1.807, 2.05) is 12.1 Å². The number of amides is 1. The Labute approximate surface area is 111 Å². The Morgan fingerprint density at radius 3 is 2.53 bits per heavy atom. The van der Waals surface area contributed by atoms with Crippen molar-refractivity contribution in [3.05, 3.63) is 34.3 Å². The van der Waals surface area contributed by atoms with Crippen LogP contribution in [-0.2, 0) is 10.2 Å². The summed E-state index contributed by atoms with van der Waals surface area (Å²) in [5.74, 6) is 0.202. The zero-order valence-electron chi connectivity index (χ0n) is 10.1. The fourth-order valence-electron chi connectivity index (χ4n) is 2.09. The third kappa shape index (κ3) is 2.71. The average molecular weight is 296 g/mol. The maximum Gasteiger partial charge on any atom is 0.230 e. The van der Waals surface area contributed by atoms with Gasteiger partial charge in [0, 0.05) is 11.0 Å². The predicted molar refractivity (Wildman–Crippen MR) is 73.0 cm³/mol. The van der Waals surface area contributed by atoms with Gasteiger partial charge in [0.05, 0.1) is 5.41 Å². The van der Waals surface area contributed by atoms with Crippen LogP contribution in [-0.4, -0.2) is 12.5 Å². The molecular weight excluding hydrogens is 278 g/mol. The quantitative estimate of drug-likeness (QED) is 0.829. The second-order valence-corrected chi connectivity index (χ2v) is 5.61. The number of nitrogens with one attached hydrogen (secondary N) is 1. The second kappa shape index (κ2) is 5.21. The summed E-state index contributed by atoms with van der Waals surface area (Å²) in [5, 5.41) is 3.05. The lowest BCUT2D eigenvalue weighted by Crippen LogP contribution is -2.35. The molecule has 0 aliphatic heterocycles. The number of hydrogen-bond donors (Lipinski definition) is 1. The number of benzene rings is 1. The van der Waals surface area contributed by atoms with Crippen molar-refractivity contribution in [1.29, 1.82) is 0 Å². The standard InChI is InChI=1S/C14H18BrNO/c1-2-3-10-16-13(17)14(8-9-14)11-4-6-12(15)7-5-11/h4-7H,2-3,8-10H2,1H3,(H,16,17). The molecule has 0 heterocycles. The minimum absolute atomic E-state index is 0.202. The summed E-state index contributed by atoms with van der Waals surface area (Å²) in [7, 11) is 0. The van der Waals surface area contributed by atoms with Crippen molar-refractivity contribution in [3.8, 4) is 0 Å². The molecule has 1 aromatic rings. The summed E-state index contributed by atoms with van der Waals surface area (Å²) in [6.45, 7) is 2.93. The second-order valence-electron chi connectivity index (χ2n) is 4.70. The molecule has 0 radical (unpaired) electrons. The summed E-state index contributed by atoms with van der Waals surface area (Å²) >= 11 is 3.42. The van der Waals surface area contributed by atoms with Crippen LogP contribution < -0.4 is 5.32 Å². The maximum absolute atomic E-state index is 12.2. The third-order valence-corrected chi connectivity index (χ3v) is 3.93. The van der Waals surface area contributed by atoms with E-state index in [4.69, 9.17) is 0 Å². The first-order valence-corrected chi connectivity index (χ1v) is 7.03. The normalized spacial score (nSPS) is 16.6. The van der Waals surface area contributed by atoms with Gasteiger partial charge in [0.15, 0.2) is 0 Å². The van der Waals surface area contributed by atoms with Gasteiger partial charge in [-0.15, -0.1) is 0 Å². The van der Waals surface area contributed by atoms with E-state index in [1.165, 1.54) is 0 Å². The molecule has 1 fully saturated rings. The molecule has 1 N–H and O–H groups in total. The van der Waals surface area contributed by atoms with E-state index in [9.17, 15) is 4.79 Å². The van der Waals surface area contributed by atoms with E-state index in [-0.39, 0.29) is 11.3 Å². The van der Waals surface area contributed by atoms with E-state index in [0.717, 1.165) is 42.3 Å². The SMILES string of the molecule is CCCCNC(=O)C1(c2ccc(Br)cc2)CC1. The largest absolute Gasteiger partial charge is 0.355 e. The van der Waals surface area contributed by atoms with Crippen molar-refractivity contribution in [2.75, 3.05) is 6.54 Å². The number of unbranched alkanes of at least 4 members (excludes halogenated alkanes) is 1. The van der Waals surface area contributed by atoms with Crippen molar-refractivity contribution in [1.82, 2.24) is 5.32 Å². The van der Waals surface area contributed by atoms with Gasteiger partial charge in [-0.1, -0.05) is 41.4 Å². The lowest BCUT2D eigenvalue weighted by atomic mass is 9.95. The first-order chi connectivity index (χ1) is 8.19. The highest BCUT2D eigenvalue weighted by molar-refractivity contribution is 9.10. The fraction of sp³-hybridized carbons (Fsp3) is 0.500. The smallest absolute Gasteiger partial charge is 0.230 e. The highest BCUT2D eigenvalue weighted by atomic mass is 79.9. The number of carbonyl (C=O) groups is 1. The van der Waals surface area contributed by atoms with Gasteiger partial charge in [-0.25, -0.2) is 0 Å². The van der Waals surface area contributed by atoms with E-state index in [2.05, 4.69) is 40.3 Å². The molecule has 0 saturated heterocycles. The Morgan fingerprint density at radius 2 is 2.00 bits per heavy atom. The van der Waals surface area contributed by atoms with Crippen molar-refractivity contribution < 1.29 is 4.79 Å². The molecule has 0 spiro atoms. The van der Waals surface area contributed by atoms with Crippen LogP contribution >= 0.6 is 15.9 Å². The molecule has 0 atom stereocenters. The van der Waals surface area contributed by atoms with Gasteiger partial charge in [-0.2, -0.15) is 0 Å². The first-order valence-electron chi connectivity index (χ1n) is 6.23. The highest BCUT2D eigenvalue weighted by Gasteiger charge is 2.50.